The molecule has 0 aromatic heterocycles. The van der Waals surface area contributed by atoms with Crippen molar-refractivity contribution in [2.45, 2.75) is 62.9 Å². The molecule has 2 atom stereocenters. The van der Waals surface area contributed by atoms with Crippen molar-refractivity contribution in [1.82, 2.24) is 10.2 Å². The maximum Gasteiger partial charge on any atom is 0.224 e. The minimum Gasteiger partial charge on any atom is -0.384 e. The first-order valence-corrected chi connectivity index (χ1v) is 9.69. The number of rotatable bonds is 6. The summed E-state index contributed by atoms with van der Waals surface area (Å²) in [6.45, 7) is 4.68. The molecule has 138 valence electrons. The number of carbonyl (C=O) groups is 1. The predicted octanol–water partition coefficient (Wildman–Crippen LogP) is 3.11. The van der Waals surface area contributed by atoms with Crippen molar-refractivity contribution < 1.29 is 9.53 Å². The molecular weight excluding hydrogens is 312 g/mol. The Morgan fingerprint density at radius 3 is 2.60 bits per heavy atom. The van der Waals surface area contributed by atoms with E-state index in [1.807, 2.05) is 4.90 Å². The topological polar surface area (TPSA) is 41.6 Å². The number of ether oxygens (including phenoxy) is 1. The van der Waals surface area contributed by atoms with Crippen LogP contribution in [0.5, 0.6) is 0 Å². The van der Waals surface area contributed by atoms with E-state index in [9.17, 15) is 4.79 Å². The van der Waals surface area contributed by atoms with Gasteiger partial charge >= 0.3 is 0 Å². The van der Waals surface area contributed by atoms with Crippen LogP contribution in [0.3, 0.4) is 0 Å². The van der Waals surface area contributed by atoms with Gasteiger partial charge in [-0.3, -0.25) is 4.79 Å². The Morgan fingerprint density at radius 1 is 1.20 bits per heavy atom. The van der Waals surface area contributed by atoms with Gasteiger partial charge in [0.25, 0.3) is 0 Å². The number of hydrogen-bond donors (Lipinski definition) is 1. The second kappa shape index (κ2) is 8.33. The molecule has 0 unspecified atom stereocenters. The molecule has 1 N–H and O–H groups in total. The maximum absolute atomic E-state index is 12.1. The van der Waals surface area contributed by atoms with Crippen molar-refractivity contribution in [3.63, 3.8) is 0 Å². The van der Waals surface area contributed by atoms with E-state index in [0.29, 0.717) is 30.5 Å². The summed E-state index contributed by atoms with van der Waals surface area (Å²) in [6, 6.07) is 12.1. The number of nitrogens with zero attached hydrogens (tertiary/aromatic N) is 1. The molecule has 1 saturated carbocycles. The SMILES string of the molecule is COCCC(=O)N1CCC(N[C@H]2CC[C@@](C)(c3ccccc3)C2)CC1. The molecule has 0 spiro atoms. The maximum atomic E-state index is 12.1. The van der Waals surface area contributed by atoms with Crippen LogP contribution in [0.4, 0.5) is 0 Å². The summed E-state index contributed by atoms with van der Waals surface area (Å²) in [6.07, 6.45) is 6.35. The van der Waals surface area contributed by atoms with Gasteiger partial charge < -0.3 is 15.0 Å². The predicted molar refractivity (Wildman–Crippen MR) is 101 cm³/mol. The van der Waals surface area contributed by atoms with Crippen molar-refractivity contribution in [3.8, 4) is 0 Å². The van der Waals surface area contributed by atoms with Crippen molar-refractivity contribution in [2.75, 3.05) is 26.8 Å². The van der Waals surface area contributed by atoms with Crippen LogP contribution in [0, 0.1) is 0 Å². The molecule has 1 amide bonds. The molecule has 1 heterocycles. The van der Waals surface area contributed by atoms with Gasteiger partial charge in [-0.15, -0.1) is 0 Å². The molecule has 4 heteroatoms. The Bertz CT molecular complexity index is 554. The largest absolute Gasteiger partial charge is 0.384 e. The van der Waals surface area contributed by atoms with Gasteiger partial charge in [-0.25, -0.2) is 0 Å². The minimum absolute atomic E-state index is 0.234. The lowest BCUT2D eigenvalue weighted by atomic mass is 9.81. The van der Waals surface area contributed by atoms with Crippen LogP contribution in [-0.2, 0) is 14.9 Å². The number of amides is 1. The number of hydrogen-bond acceptors (Lipinski definition) is 3. The number of nitrogens with one attached hydrogen (secondary N) is 1. The Kier molecular flexibility index (Phi) is 6.13. The third-order valence-electron chi connectivity index (χ3n) is 6.05. The van der Waals surface area contributed by atoms with Gasteiger partial charge in [0.2, 0.25) is 5.91 Å². The summed E-state index contributed by atoms with van der Waals surface area (Å²) in [4.78, 5) is 14.1. The van der Waals surface area contributed by atoms with Crippen LogP contribution in [0.15, 0.2) is 30.3 Å². The highest BCUT2D eigenvalue weighted by molar-refractivity contribution is 5.76. The van der Waals surface area contributed by atoms with Gasteiger partial charge in [0.1, 0.15) is 0 Å². The van der Waals surface area contributed by atoms with Crippen LogP contribution >= 0.6 is 0 Å². The fourth-order valence-electron chi connectivity index (χ4n) is 4.46. The lowest BCUT2D eigenvalue weighted by Crippen LogP contribution is -2.47. The van der Waals surface area contributed by atoms with E-state index >= 15 is 0 Å². The molecule has 2 fully saturated rings. The number of methoxy groups -OCH3 is 1. The van der Waals surface area contributed by atoms with Crippen molar-refractivity contribution in [1.29, 1.82) is 0 Å². The molecule has 25 heavy (non-hydrogen) atoms. The number of benzene rings is 1. The highest BCUT2D eigenvalue weighted by Crippen LogP contribution is 2.41. The average molecular weight is 344 g/mol. The first kappa shape index (κ1) is 18.4. The smallest absolute Gasteiger partial charge is 0.224 e. The van der Waals surface area contributed by atoms with E-state index in [0.717, 1.165) is 25.9 Å². The van der Waals surface area contributed by atoms with Crippen LogP contribution in [0.2, 0.25) is 0 Å². The quantitative estimate of drug-likeness (QED) is 0.862. The first-order chi connectivity index (χ1) is 12.1. The Balaban J connectivity index is 1.45. The highest BCUT2D eigenvalue weighted by atomic mass is 16.5. The van der Waals surface area contributed by atoms with Crippen LogP contribution in [0.25, 0.3) is 0 Å². The van der Waals surface area contributed by atoms with Gasteiger partial charge in [0.15, 0.2) is 0 Å². The molecular formula is C21H32N2O2. The molecule has 2 aliphatic rings. The Morgan fingerprint density at radius 2 is 1.92 bits per heavy atom. The number of likely N-dealkylation sites (tertiary alicyclic amines) is 1. The summed E-state index contributed by atoms with van der Waals surface area (Å²) in [5.41, 5.74) is 1.77. The standard InChI is InChI=1S/C21H32N2O2/c1-21(17-6-4-3-5-7-17)12-8-19(16-21)22-18-9-13-23(14-10-18)20(24)11-15-25-2/h3-7,18-19,22H,8-16H2,1-2H3/t19-,21+/m0/s1. The molecule has 1 aliphatic heterocycles. The van der Waals surface area contributed by atoms with Crippen LogP contribution in [-0.4, -0.2) is 49.7 Å². The summed E-state index contributed by atoms with van der Waals surface area (Å²) in [7, 11) is 1.65. The summed E-state index contributed by atoms with van der Waals surface area (Å²) in [5.74, 6) is 0.234. The fourth-order valence-corrected chi connectivity index (χ4v) is 4.46. The Hall–Kier alpha value is -1.39. The molecule has 0 radical (unpaired) electrons. The zero-order valence-electron chi connectivity index (χ0n) is 15.7. The zero-order valence-corrected chi connectivity index (χ0v) is 15.7. The molecule has 1 aromatic rings. The van der Waals surface area contributed by atoms with Gasteiger partial charge in [-0.2, -0.15) is 0 Å². The molecule has 0 bridgehead atoms. The van der Waals surface area contributed by atoms with Gasteiger partial charge in [0.05, 0.1) is 13.0 Å². The van der Waals surface area contributed by atoms with Crippen LogP contribution < -0.4 is 5.32 Å². The van der Waals surface area contributed by atoms with Crippen molar-refractivity contribution in [2.24, 2.45) is 0 Å². The van der Waals surface area contributed by atoms with Gasteiger partial charge in [-0.05, 0) is 43.1 Å². The van der Waals surface area contributed by atoms with Crippen LogP contribution in [0.1, 0.15) is 51.0 Å². The highest BCUT2D eigenvalue weighted by Gasteiger charge is 2.37. The molecule has 1 aliphatic carbocycles. The second-order valence-electron chi connectivity index (χ2n) is 7.93. The number of carbonyl (C=O) groups excluding carboxylic acids is 1. The third kappa shape index (κ3) is 4.62. The lowest BCUT2D eigenvalue weighted by molar-refractivity contribution is -0.133. The van der Waals surface area contributed by atoms with E-state index in [1.54, 1.807) is 7.11 Å². The van der Waals surface area contributed by atoms with E-state index in [-0.39, 0.29) is 5.91 Å². The zero-order chi connectivity index (χ0) is 17.7. The Labute approximate surface area is 151 Å². The molecule has 3 rings (SSSR count). The van der Waals surface area contributed by atoms with Crippen molar-refractivity contribution in [3.05, 3.63) is 35.9 Å². The van der Waals surface area contributed by atoms with E-state index in [1.165, 1.54) is 24.8 Å². The summed E-state index contributed by atoms with van der Waals surface area (Å²) >= 11 is 0. The second-order valence-corrected chi connectivity index (χ2v) is 7.93. The molecule has 1 saturated heterocycles. The number of piperidine rings is 1. The van der Waals surface area contributed by atoms with Gasteiger partial charge in [-0.1, -0.05) is 37.3 Å². The van der Waals surface area contributed by atoms with E-state index in [2.05, 4.69) is 42.6 Å². The molecule has 4 nitrogen and oxygen atoms in total. The first-order valence-electron chi connectivity index (χ1n) is 9.69. The van der Waals surface area contributed by atoms with Gasteiger partial charge in [0, 0.05) is 32.3 Å². The summed E-state index contributed by atoms with van der Waals surface area (Å²) in [5, 5.41) is 3.88. The fraction of sp³-hybridized carbons (Fsp3) is 0.667. The molecule has 1 aromatic carbocycles. The lowest BCUT2D eigenvalue weighted by Gasteiger charge is -2.34. The van der Waals surface area contributed by atoms with E-state index in [4.69, 9.17) is 4.74 Å². The third-order valence-corrected chi connectivity index (χ3v) is 6.05. The average Bonchev–Trinajstić information content (AvgIpc) is 3.03. The minimum atomic E-state index is 0.234. The van der Waals surface area contributed by atoms with Crippen molar-refractivity contribution >= 4 is 5.91 Å². The summed E-state index contributed by atoms with van der Waals surface area (Å²) < 4.78 is 5.01. The van der Waals surface area contributed by atoms with E-state index < -0.39 is 0 Å². The normalized spacial score (nSPS) is 27.6. The monoisotopic (exact) mass is 344 g/mol.